The highest BCUT2D eigenvalue weighted by Crippen LogP contribution is 2.21. The van der Waals surface area contributed by atoms with Gasteiger partial charge in [0, 0.05) is 180 Å². The monoisotopic (exact) mass is 1560 g/mol. The van der Waals surface area contributed by atoms with Crippen molar-refractivity contribution in [2.45, 2.75) is 240 Å². The van der Waals surface area contributed by atoms with Crippen LogP contribution in [0.15, 0.2) is 0 Å². The Morgan fingerprint density at radius 1 is 0.291 bits per heavy atom. The summed E-state index contributed by atoms with van der Waals surface area (Å²) >= 11 is 0. The molecule has 22 nitrogen and oxygen atoms in total. The maximum absolute atomic E-state index is 12.1. The number of likely N-dealkylation sites (N-methyl/N-ethyl adjacent to an activating group) is 4. The summed E-state index contributed by atoms with van der Waals surface area (Å²) in [7, 11) is 17.4. The lowest BCUT2D eigenvalue weighted by Gasteiger charge is -2.40. The first-order valence-corrected chi connectivity index (χ1v) is 43.9. The van der Waals surface area contributed by atoms with Crippen molar-refractivity contribution in [3.05, 3.63) is 0 Å². The Bertz CT molecular complexity index is 2450. The van der Waals surface area contributed by atoms with E-state index in [1.165, 1.54) is 38.5 Å². The van der Waals surface area contributed by atoms with Crippen LogP contribution in [0, 0.1) is 59.2 Å². The van der Waals surface area contributed by atoms with Crippen LogP contribution < -0.4 is 0 Å². The van der Waals surface area contributed by atoms with Gasteiger partial charge in [-0.1, -0.05) is 125 Å². The summed E-state index contributed by atoms with van der Waals surface area (Å²) in [6, 6.07) is 1.26. The van der Waals surface area contributed by atoms with Crippen molar-refractivity contribution in [3.63, 3.8) is 0 Å². The Morgan fingerprint density at radius 2 is 0.509 bits per heavy atom. The average molecular weight is 1560 g/mol. The van der Waals surface area contributed by atoms with Gasteiger partial charge in [0.2, 0.25) is 47.3 Å². The van der Waals surface area contributed by atoms with Gasteiger partial charge in [-0.15, -0.1) is 0 Å². The van der Waals surface area contributed by atoms with Crippen LogP contribution in [0.4, 0.5) is 0 Å². The molecule has 2 unspecified atom stereocenters. The molecule has 8 fully saturated rings. The first-order chi connectivity index (χ1) is 51.3. The number of carbonyl (C=O) groups excluding carboxylic acids is 8. The molecule has 0 saturated carbocycles. The molecule has 0 spiro atoms. The SMILES string of the molecule is CC(C)C(C)C(=O)N1CCN(C)CC1.CC(C)C(C)C(=O)N1CC[N+](C)(C)CC1.CC(C)CC(=O)N1CCC(N(C)C)CC1.CC(C)CC(=O)N1CCCCC1.CC(C)CC(=O)N1CCCCC1.CC(C)CC(=O)N1CCN(C(C)C)CC1.CC(C)CC(=O)N1CCN(C)CC1.CC(C)CC(=O)N1CC[N+](C)(C)CC1. The number of carbonyl (C=O) groups is 8. The number of hydrogen-bond donors (Lipinski definition) is 0. The summed E-state index contributed by atoms with van der Waals surface area (Å²) in [6.45, 7) is 67.5. The van der Waals surface area contributed by atoms with E-state index in [4.69, 9.17) is 0 Å². The fraction of sp³-hybridized carbons (Fsp3) is 0.909. The molecule has 0 aromatic rings. The topological polar surface area (TPSA) is 175 Å². The fourth-order valence-corrected chi connectivity index (χ4v) is 14.0. The fourth-order valence-electron chi connectivity index (χ4n) is 14.0. The minimum Gasteiger partial charge on any atom is -0.343 e. The zero-order chi connectivity index (χ0) is 83.8. The van der Waals surface area contributed by atoms with Crippen molar-refractivity contribution in [3.8, 4) is 0 Å². The summed E-state index contributed by atoms with van der Waals surface area (Å²) in [5, 5.41) is 0. The Kier molecular flexibility index (Phi) is 51.2. The quantitative estimate of drug-likeness (QED) is 0.119. The van der Waals surface area contributed by atoms with Gasteiger partial charge in [0.05, 0.1) is 80.5 Å². The number of likely N-dealkylation sites (tertiary alicyclic amines) is 3. The second kappa shape index (κ2) is 54.4. The highest BCUT2D eigenvalue weighted by atomic mass is 16.2. The molecule has 0 aromatic heterocycles. The van der Waals surface area contributed by atoms with Gasteiger partial charge in [-0.3, -0.25) is 43.3 Å². The van der Waals surface area contributed by atoms with Crippen LogP contribution in [0.1, 0.15) is 228 Å². The molecule has 2 atom stereocenters. The van der Waals surface area contributed by atoms with Crippen LogP contribution in [0.5, 0.6) is 0 Å². The summed E-state index contributed by atoms with van der Waals surface area (Å²) in [5.74, 6) is 6.81. The van der Waals surface area contributed by atoms with Gasteiger partial charge < -0.3 is 62.9 Å². The standard InChI is InChI=1S/C12H25N2O.2C12H24N2O.C11H23N2O.C11H22N2O.C10H20N2O.2C10H19NO/c1-10(2)11(3)12(15)13-6-8-14(4,5)9-7-13;1-10(2)9-12(15)14-7-5-11(6-8-14)13(3)4;1-10(2)9-12(15)14-7-5-13(6-8-14)11(3)4;1-10(2)9-11(14)12-5-7-13(3,4)8-6-12;1-9(2)10(3)11(14)13-7-5-12(4)6-8-13;1-9(2)8-10(13)12-6-4-11(3)5-7-12;2*1-9(2)8-10(12)11-6-4-3-5-7-11/h10-11H,6-9H2,1-5H3;2*10-11H,5-9H2,1-4H3;10H,5-9H2,1-4H3;9-10H,5-8H2,1-4H3;9H,4-8H2,1-3H3;2*9H,3-8H2,1-2H3/q+1;;;+1;;;;. The normalized spacial score (nSPS) is 20.1. The molecule has 0 aliphatic carbocycles. The first kappa shape index (κ1) is 104. The molecule has 8 aliphatic heterocycles. The van der Waals surface area contributed by atoms with E-state index >= 15 is 0 Å². The molecular weight excluding hydrogens is 1380 g/mol. The molecule has 8 aliphatic rings. The zero-order valence-electron chi connectivity index (χ0n) is 76.7. The van der Waals surface area contributed by atoms with E-state index in [0.717, 1.165) is 205 Å². The Labute approximate surface area is 676 Å². The minimum atomic E-state index is 0.165. The van der Waals surface area contributed by atoms with Gasteiger partial charge in [0.25, 0.3) is 0 Å². The number of piperazine rings is 5. The maximum atomic E-state index is 12.1. The molecule has 110 heavy (non-hydrogen) atoms. The van der Waals surface area contributed by atoms with Crippen molar-refractivity contribution >= 4 is 47.3 Å². The van der Waals surface area contributed by atoms with Gasteiger partial charge in [0.1, 0.15) is 0 Å². The largest absolute Gasteiger partial charge is 0.343 e. The maximum Gasteiger partial charge on any atom is 0.226 e. The number of rotatable bonds is 18. The molecule has 0 N–H and O–H groups in total. The van der Waals surface area contributed by atoms with Crippen LogP contribution in [0.3, 0.4) is 0 Å². The third-order valence-corrected chi connectivity index (χ3v) is 22.9. The lowest BCUT2D eigenvalue weighted by atomic mass is 9.96. The molecule has 8 heterocycles. The van der Waals surface area contributed by atoms with E-state index in [0.29, 0.717) is 132 Å². The number of nitrogens with zero attached hydrogens (tertiary/aromatic N) is 14. The lowest BCUT2D eigenvalue weighted by molar-refractivity contribution is -0.894. The van der Waals surface area contributed by atoms with E-state index < -0.39 is 0 Å². The van der Waals surface area contributed by atoms with Crippen LogP contribution in [0.25, 0.3) is 0 Å². The first-order valence-electron chi connectivity index (χ1n) is 43.9. The number of quaternary nitrogens is 2. The molecule has 8 amide bonds. The third kappa shape index (κ3) is 45.0. The van der Waals surface area contributed by atoms with Crippen molar-refractivity contribution in [2.75, 3.05) is 227 Å². The van der Waals surface area contributed by atoms with Gasteiger partial charge in [-0.25, -0.2) is 0 Å². The Hall–Kier alpha value is -4.48. The van der Waals surface area contributed by atoms with E-state index in [1.54, 1.807) is 0 Å². The molecular formula is C88H176N14O8+2. The van der Waals surface area contributed by atoms with Crippen LogP contribution in [0.2, 0.25) is 0 Å². The second-order valence-corrected chi connectivity index (χ2v) is 38.4. The van der Waals surface area contributed by atoms with E-state index in [2.05, 4.69) is 201 Å². The molecule has 644 valence electrons. The summed E-state index contributed by atoms with van der Waals surface area (Å²) in [4.78, 5) is 119. The molecule has 0 bridgehead atoms. The van der Waals surface area contributed by atoms with Crippen molar-refractivity contribution in [2.24, 2.45) is 59.2 Å². The molecule has 8 rings (SSSR count). The molecule has 0 radical (unpaired) electrons. The van der Waals surface area contributed by atoms with Crippen molar-refractivity contribution in [1.29, 1.82) is 0 Å². The summed E-state index contributed by atoms with van der Waals surface area (Å²) in [5.41, 5.74) is 0. The van der Waals surface area contributed by atoms with E-state index in [1.807, 2.05) is 53.0 Å². The predicted octanol–water partition coefficient (Wildman–Crippen LogP) is 11.3. The van der Waals surface area contributed by atoms with E-state index in [9.17, 15) is 38.4 Å². The zero-order valence-corrected chi connectivity index (χ0v) is 76.7. The summed E-state index contributed by atoms with van der Waals surface area (Å²) < 4.78 is 2.09. The Morgan fingerprint density at radius 3 is 0.755 bits per heavy atom. The molecule has 0 aromatic carbocycles. The van der Waals surface area contributed by atoms with Crippen LogP contribution >= 0.6 is 0 Å². The van der Waals surface area contributed by atoms with E-state index in [-0.39, 0.29) is 11.8 Å². The third-order valence-electron chi connectivity index (χ3n) is 22.9. The van der Waals surface area contributed by atoms with Gasteiger partial charge in [-0.05, 0) is 141 Å². The number of hydrogen-bond acceptors (Lipinski definition) is 12. The molecule has 22 heteroatoms. The highest BCUT2D eigenvalue weighted by molar-refractivity contribution is 5.80. The Balaban J connectivity index is 0.000000629. The lowest BCUT2D eigenvalue weighted by Crippen LogP contribution is -2.57. The van der Waals surface area contributed by atoms with Crippen LogP contribution in [-0.4, -0.2) is 354 Å². The predicted molar refractivity (Wildman–Crippen MR) is 457 cm³/mol. The van der Waals surface area contributed by atoms with Crippen molar-refractivity contribution < 1.29 is 47.3 Å². The van der Waals surface area contributed by atoms with Crippen LogP contribution in [-0.2, 0) is 38.4 Å². The minimum absolute atomic E-state index is 0.165. The average Bonchev–Trinajstić information content (AvgIpc) is 0.554. The second-order valence-electron chi connectivity index (χ2n) is 38.4. The van der Waals surface area contributed by atoms with Gasteiger partial charge >= 0.3 is 0 Å². The number of amides is 8. The number of piperidine rings is 3. The smallest absolute Gasteiger partial charge is 0.226 e. The summed E-state index contributed by atoms with van der Waals surface area (Å²) in [6.07, 6.45) is 13.9. The van der Waals surface area contributed by atoms with Crippen molar-refractivity contribution in [1.82, 2.24) is 58.8 Å². The van der Waals surface area contributed by atoms with Gasteiger partial charge in [0.15, 0.2) is 0 Å². The molecule has 8 saturated heterocycles. The highest BCUT2D eigenvalue weighted by Gasteiger charge is 2.33. The van der Waals surface area contributed by atoms with Gasteiger partial charge in [-0.2, -0.15) is 0 Å².